The smallest absolute Gasteiger partial charge is 0.255 e. The number of nitrogens with zero attached hydrogens (tertiary/aromatic N) is 2. The van der Waals surface area contributed by atoms with E-state index in [4.69, 9.17) is 23.2 Å². The number of piperidine rings is 1. The van der Waals surface area contributed by atoms with Crippen molar-refractivity contribution < 1.29 is 4.79 Å². The molecule has 1 saturated heterocycles. The van der Waals surface area contributed by atoms with Gasteiger partial charge in [0.05, 0.1) is 15.6 Å². The molecule has 1 aliphatic rings. The lowest BCUT2D eigenvalue weighted by molar-refractivity contribution is 0.0724. The molecule has 0 atom stereocenters. The van der Waals surface area contributed by atoms with Gasteiger partial charge in [-0.15, -0.1) is 11.3 Å². The maximum atomic E-state index is 12.9. The van der Waals surface area contributed by atoms with E-state index in [1.165, 1.54) is 6.42 Å². The van der Waals surface area contributed by atoms with E-state index in [1.54, 1.807) is 11.3 Å². The molecular formula is C25H26Cl2N2OS. The summed E-state index contributed by atoms with van der Waals surface area (Å²) in [6, 6.07) is 10.0. The molecule has 4 rings (SSSR count). The zero-order valence-electron chi connectivity index (χ0n) is 17.8. The normalized spacial score (nSPS) is 14.3. The monoisotopic (exact) mass is 472 g/mol. The van der Waals surface area contributed by atoms with Crippen LogP contribution in [0.1, 0.15) is 49.2 Å². The van der Waals surface area contributed by atoms with Crippen LogP contribution in [0.2, 0.25) is 10.0 Å². The van der Waals surface area contributed by atoms with Crippen LogP contribution in [0.25, 0.3) is 21.6 Å². The number of aromatic nitrogens is 1. The van der Waals surface area contributed by atoms with Crippen LogP contribution < -0.4 is 0 Å². The molecule has 0 spiro atoms. The maximum absolute atomic E-state index is 12.9. The van der Waals surface area contributed by atoms with Crippen molar-refractivity contribution in [2.75, 3.05) is 13.1 Å². The first-order chi connectivity index (χ1) is 14.9. The number of amides is 1. The second kappa shape index (κ2) is 9.72. The van der Waals surface area contributed by atoms with Crippen LogP contribution in [0.15, 0.2) is 41.9 Å². The number of carbonyl (C=O) groups is 1. The fourth-order valence-electron chi connectivity index (χ4n) is 4.00. The van der Waals surface area contributed by atoms with Crippen LogP contribution in [0.3, 0.4) is 0 Å². The van der Waals surface area contributed by atoms with Crippen molar-refractivity contribution in [3.05, 3.63) is 63.2 Å². The van der Waals surface area contributed by atoms with E-state index in [1.807, 2.05) is 29.3 Å². The lowest BCUT2D eigenvalue weighted by atomic mass is 10.0. The van der Waals surface area contributed by atoms with Crippen molar-refractivity contribution in [3.8, 4) is 21.6 Å². The molecule has 0 aliphatic carbocycles. The van der Waals surface area contributed by atoms with Gasteiger partial charge in [-0.2, -0.15) is 0 Å². The minimum atomic E-state index is -0.0291. The van der Waals surface area contributed by atoms with Crippen molar-refractivity contribution >= 4 is 40.4 Å². The highest BCUT2D eigenvalue weighted by Crippen LogP contribution is 2.40. The number of thiophene rings is 1. The van der Waals surface area contributed by atoms with Gasteiger partial charge in [-0.05, 0) is 72.4 Å². The zero-order chi connectivity index (χ0) is 22.0. The summed E-state index contributed by atoms with van der Waals surface area (Å²) in [6.07, 6.45) is 6.09. The standard InChI is InChI=1S/C25H26Cl2N2OS/c1-16(2)12-19-13-17(8-9-28-19)22-14-18(15-31-22)20-6-7-21(24(27)23(20)26)25(30)29-10-4-3-5-11-29/h6-9,13-16H,3-5,10-12H2,1-2H3. The molecule has 0 saturated carbocycles. The number of halogens is 2. The van der Waals surface area contributed by atoms with Crippen molar-refractivity contribution in [3.63, 3.8) is 0 Å². The van der Waals surface area contributed by atoms with Crippen LogP contribution in [-0.4, -0.2) is 28.9 Å². The Kier molecular flexibility index (Phi) is 7.00. The molecule has 0 radical (unpaired) electrons. The molecule has 1 fully saturated rings. The van der Waals surface area contributed by atoms with Gasteiger partial charge in [0.1, 0.15) is 0 Å². The van der Waals surface area contributed by atoms with E-state index < -0.39 is 0 Å². The molecule has 0 unspecified atom stereocenters. The van der Waals surface area contributed by atoms with Crippen LogP contribution in [0.5, 0.6) is 0 Å². The molecule has 1 aliphatic heterocycles. The first-order valence-corrected chi connectivity index (χ1v) is 12.4. The second-order valence-electron chi connectivity index (χ2n) is 8.47. The summed E-state index contributed by atoms with van der Waals surface area (Å²) >= 11 is 14.9. The number of carbonyl (C=O) groups excluding carboxylic acids is 1. The van der Waals surface area contributed by atoms with Gasteiger partial charge in [0, 0.05) is 35.4 Å². The van der Waals surface area contributed by atoms with E-state index in [-0.39, 0.29) is 5.91 Å². The maximum Gasteiger partial charge on any atom is 0.255 e. The number of benzene rings is 1. The van der Waals surface area contributed by atoms with E-state index >= 15 is 0 Å². The minimum absolute atomic E-state index is 0.0291. The minimum Gasteiger partial charge on any atom is -0.339 e. The first kappa shape index (κ1) is 22.3. The highest BCUT2D eigenvalue weighted by Gasteiger charge is 2.23. The van der Waals surface area contributed by atoms with E-state index in [2.05, 4.69) is 36.3 Å². The van der Waals surface area contributed by atoms with E-state index in [0.29, 0.717) is 21.5 Å². The molecule has 2 aromatic heterocycles. The van der Waals surface area contributed by atoms with Gasteiger partial charge in [0.15, 0.2) is 0 Å². The number of hydrogen-bond acceptors (Lipinski definition) is 3. The highest BCUT2D eigenvalue weighted by atomic mass is 35.5. The molecular weight excluding hydrogens is 447 g/mol. The fraction of sp³-hybridized carbons (Fsp3) is 0.360. The third-order valence-electron chi connectivity index (χ3n) is 5.58. The van der Waals surface area contributed by atoms with Crippen LogP contribution >= 0.6 is 34.5 Å². The largest absolute Gasteiger partial charge is 0.339 e. The van der Waals surface area contributed by atoms with Gasteiger partial charge in [-0.1, -0.05) is 43.1 Å². The molecule has 1 amide bonds. The Labute approximate surface area is 198 Å². The second-order valence-corrected chi connectivity index (χ2v) is 10.1. The predicted octanol–water partition coefficient (Wildman–Crippen LogP) is 7.61. The van der Waals surface area contributed by atoms with Crippen molar-refractivity contribution in [2.45, 2.75) is 39.5 Å². The molecule has 3 nitrogen and oxygen atoms in total. The summed E-state index contributed by atoms with van der Waals surface area (Å²) in [4.78, 5) is 20.4. The Morgan fingerprint density at radius 1 is 1.06 bits per heavy atom. The van der Waals surface area contributed by atoms with Crippen molar-refractivity contribution in [1.82, 2.24) is 9.88 Å². The van der Waals surface area contributed by atoms with Gasteiger partial charge in [-0.25, -0.2) is 0 Å². The van der Waals surface area contributed by atoms with Crippen LogP contribution in [-0.2, 0) is 6.42 Å². The quantitative estimate of drug-likeness (QED) is 0.382. The molecule has 0 N–H and O–H groups in total. The number of likely N-dealkylation sites (tertiary alicyclic amines) is 1. The lowest BCUT2D eigenvalue weighted by Gasteiger charge is -2.27. The fourth-order valence-corrected chi connectivity index (χ4v) is 5.42. The highest BCUT2D eigenvalue weighted by molar-refractivity contribution is 7.14. The molecule has 3 aromatic rings. The van der Waals surface area contributed by atoms with Gasteiger partial charge >= 0.3 is 0 Å². The lowest BCUT2D eigenvalue weighted by Crippen LogP contribution is -2.35. The SMILES string of the molecule is CC(C)Cc1cc(-c2cc(-c3ccc(C(=O)N4CCCCC4)c(Cl)c3Cl)cs2)ccn1. The summed E-state index contributed by atoms with van der Waals surface area (Å²) in [5, 5.41) is 2.86. The number of hydrogen-bond donors (Lipinski definition) is 0. The average molecular weight is 473 g/mol. The Balaban J connectivity index is 1.60. The molecule has 0 bridgehead atoms. The Hall–Kier alpha value is -1.88. The molecule has 162 valence electrons. The third kappa shape index (κ3) is 4.97. The summed E-state index contributed by atoms with van der Waals surface area (Å²) < 4.78 is 0. The predicted molar refractivity (Wildman–Crippen MR) is 131 cm³/mol. The molecule has 3 heterocycles. The molecule has 1 aromatic carbocycles. The Bertz CT molecular complexity index is 1090. The zero-order valence-corrected chi connectivity index (χ0v) is 20.2. The summed E-state index contributed by atoms with van der Waals surface area (Å²) in [6.45, 7) is 5.96. The summed E-state index contributed by atoms with van der Waals surface area (Å²) in [5.41, 5.74) is 4.59. The van der Waals surface area contributed by atoms with Gasteiger partial charge in [0.2, 0.25) is 0 Å². The topological polar surface area (TPSA) is 33.2 Å². The Morgan fingerprint density at radius 2 is 1.84 bits per heavy atom. The summed E-state index contributed by atoms with van der Waals surface area (Å²) in [5.74, 6) is 0.535. The Morgan fingerprint density at radius 3 is 2.58 bits per heavy atom. The van der Waals surface area contributed by atoms with E-state index in [9.17, 15) is 4.79 Å². The molecule has 6 heteroatoms. The first-order valence-electron chi connectivity index (χ1n) is 10.8. The molecule has 31 heavy (non-hydrogen) atoms. The van der Waals surface area contributed by atoms with Crippen LogP contribution in [0, 0.1) is 5.92 Å². The van der Waals surface area contributed by atoms with Gasteiger partial charge in [0.25, 0.3) is 5.91 Å². The van der Waals surface area contributed by atoms with Gasteiger partial charge < -0.3 is 4.90 Å². The number of rotatable bonds is 5. The van der Waals surface area contributed by atoms with Crippen LogP contribution in [0.4, 0.5) is 0 Å². The van der Waals surface area contributed by atoms with Crippen molar-refractivity contribution in [1.29, 1.82) is 0 Å². The third-order valence-corrected chi connectivity index (χ3v) is 7.45. The summed E-state index contributed by atoms with van der Waals surface area (Å²) in [7, 11) is 0. The van der Waals surface area contributed by atoms with E-state index in [0.717, 1.165) is 59.6 Å². The average Bonchev–Trinajstić information content (AvgIpc) is 3.25. The van der Waals surface area contributed by atoms with Crippen molar-refractivity contribution in [2.24, 2.45) is 5.92 Å². The van der Waals surface area contributed by atoms with Gasteiger partial charge in [-0.3, -0.25) is 9.78 Å². The number of pyridine rings is 1.